The second-order valence-corrected chi connectivity index (χ2v) is 6.60. The van der Waals surface area contributed by atoms with Crippen molar-refractivity contribution < 1.29 is 14.3 Å². The van der Waals surface area contributed by atoms with Crippen molar-refractivity contribution in [3.05, 3.63) is 29.3 Å². The topological polar surface area (TPSA) is 55.4 Å². The first-order valence-corrected chi connectivity index (χ1v) is 7.41. The number of ether oxygens (including phenoxy) is 1. The number of carbonyl (C=O) groups excluding carboxylic acids is 2. The van der Waals surface area contributed by atoms with Crippen LogP contribution in [0.5, 0.6) is 5.75 Å². The van der Waals surface area contributed by atoms with Gasteiger partial charge in [-0.25, -0.2) is 0 Å². The van der Waals surface area contributed by atoms with Crippen molar-refractivity contribution in [2.45, 2.75) is 58.6 Å². The van der Waals surface area contributed by atoms with Crippen LogP contribution in [0.25, 0.3) is 0 Å². The molecule has 2 rings (SSSR count). The maximum atomic E-state index is 12.0. The molecule has 21 heavy (non-hydrogen) atoms. The van der Waals surface area contributed by atoms with Gasteiger partial charge in [0.05, 0.1) is 0 Å². The van der Waals surface area contributed by atoms with E-state index in [1.54, 1.807) is 13.0 Å². The minimum absolute atomic E-state index is 0.161. The summed E-state index contributed by atoms with van der Waals surface area (Å²) in [6.07, 6.45) is 1.84. The van der Waals surface area contributed by atoms with Crippen molar-refractivity contribution in [1.29, 1.82) is 0 Å². The van der Waals surface area contributed by atoms with Crippen LogP contribution in [0.2, 0.25) is 0 Å². The number of amides is 1. The van der Waals surface area contributed by atoms with Gasteiger partial charge in [-0.3, -0.25) is 9.59 Å². The van der Waals surface area contributed by atoms with Crippen LogP contribution in [-0.4, -0.2) is 23.3 Å². The zero-order valence-electron chi connectivity index (χ0n) is 13.2. The van der Waals surface area contributed by atoms with Crippen LogP contribution in [0.3, 0.4) is 0 Å². The summed E-state index contributed by atoms with van der Waals surface area (Å²) >= 11 is 0. The fourth-order valence-corrected chi connectivity index (χ4v) is 2.41. The third-order valence-corrected chi connectivity index (χ3v) is 3.41. The number of fused-ring (bicyclic) bond motifs is 1. The first kappa shape index (κ1) is 15.5. The van der Waals surface area contributed by atoms with E-state index in [-0.39, 0.29) is 17.2 Å². The molecule has 1 aromatic carbocycles. The molecular formula is C17H23NO3. The Balaban J connectivity index is 2.08. The summed E-state index contributed by atoms with van der Waals surface area (Å²) in [7, 11) is 0. The smallest absolute Gasteiger partial charge is 0.261 e. The number of benzene rings is 1. The second-order valence-electron chi connectivity index (χ2n) is 6.60. The van der Waals surface area contributed by atoms with E-state index in [0.717, 1.165) is 24.0 Å². The highest BCUT2D eigenvalue weighted by molar-refractivity contribution is 5.98. The number of hydrogen-bond acceptors (Lipinski definition) is 3. The fourth-order valence-electron chi connectivity index (χ4n) is 2.41. The van der Waals surface area contributed by atoms with E-state index in [9.17, 15) is 9.59 Å². The number of hydrogen-bond donors (Lipinski definition) is 1. The Kier molecular flexibility index (Phi) is 4.35. The highest BCUT2D eigenvalue weighted by atomic mass is 16.5. The highest BCUT2D eigenvalue weighted by Gasteiger charge is 2.22. The van der Waals surface area contributed by atoms with Crippen LogP contribution in [0.1, 0.15) is 56.5 Å². The number of ketones is 1. The van der Waals surface area contributed by atoms with Crippen LogP contribution < -0.4 is 10.1 Å². The van der Waals surface area contributed by atoms with Crippen molar-refractivity contribution in [2.75, 3.05) is 0 Å². The molecule has 1 amide bonds. The van der Waals surface area contributed by atoms with Gasteiger partial charge in [-0.05, 0) is 58.2 Å². The molecule has 1 unspecified atom stereocenters. The molecule has 0 spiro atoms. The third-order valence-electron chi connectivity index (χ3n) is 3.41. The van der Waals surface area contributed by atoms with Gasteiger partial charge in [-0.2, -0.15) is 0 Å². The minimum atomic E-state index is -0.596. The van der Waals surface area contributed by atoms with E-state index in [0.29, 0.717) is 12.2 Å². The van der Waals surface area contributed by atoms with Crippen LogP contribution >= 0.6 is 0 Å². The average molecular weight is 289 g/mol. The molecule has 1 aliphatic rings. The molecule has 4 nitrogen and oxygen atoms in total. The van der Waals surface area contributed by atoms with Gasteiger partial charge in [0, 0.05) is 17.5 Å². The van der Waals surface area contributed by atoms with Gasteiger partial charge in [-0.15, -0.1) is 0 Å². The van der Waals surface area contributed by atoms with Gasteiger partial charge < -0.3 is 10.1 Å². The van der Waals surface area contributed by atoms with E-state index in [4.69, 9.17) is 4.74 Å². The first-order valence-electron chi connectivity index (χ1n) is 7.41. The molecule has 4 heteroatoms. The molecule has 1 N–H and O–H groups in total. The molecule has 114 valence electrons. The number of carbonyl (C=O) groups is 2. The Labute approximate surface area is 125 Å². The molecule has 1 aliphatic carbocycles. The van der Waals surface area contributed by atoms with E-state index in [1.165, 1.54) is 0 Å². The maximum Gasteiger partial charge on any atom is 0.261 e. The largest absolute Gasteiger partial charge is 0.481 e. The Bertz CT molecular complexity index is 558. The van der Waals surface area contributed by atoms with Crippen molar-refractivity contribution in [3.8, 4) is 5.75 Å². The standard InChI is InChI=1S/C17H23NO3/c1-11(16(20)18-17(2,3)4)21-13-9-8-12-6-5-7-15(19)14(12)10-13/h8-11H,5-7H2,1-4H3,(H,18,20). The number of Topliss-reactive ketones (excluding diaryl/α,β-unsaturated/α-hetero) is 1. The summed E-state index contributed by atoms with van der Waals surface area (Å²) in [5, 5.41) is 2.88. The zero-order chi connectivity index (χ0) is 15.6. The van der Waals surface area contributed by atoms with Crippen molar-refractivity contribution in [3.63, 3.8) is 0 Å². The Hall–Kier alpha value is -1.84. The number of rotatable bonds is 3. The second kappa shape index (κ2) is 5.88. The summed E-state index contributed by atoms with van der Waals surface area (Å²) in [4.78, 5) is 23.9. The van der Waals surface area contributed by atoms with Crippen molar-refractivity contribution in [1.82, 2.24) is 5.32 Å². The van der Waals surface area contributed by atoms with Crippen molar-refractivity contribution >= 4 is 11.7 Å². The predicted octanol–water partition coefficient (Wildman–Crippen LogP) is 2.89. The highest BCUT2D eigenvalue weighted by Crippen LogP contribution is 2.26. The molecule has 0 bridgehead atoms. The van der Waals surface area contributed by atoms with Crippen LogP contribution in [0.15, 0.2) is 18.2 Å². The minimum Gasteiger partial charge on any atom is -0.481 e. The van der Waals surface area contributed by atoms with Crippen LogP contribution in [-0.2, 0) is 11.2 Å². The Morgan fingerprint density at radius 1 is 1.29 bits per heavy atom. The van der Waals surface area contributed by atoms with E-state index < -0.39 is 6.10 Å². The lowest BCUT2D eigenvalue weighted by Gasteiger charge is -2.24. The average Bonchev–Trinajstić information content (AvgIpc) is 2.37. The zero-order valence-corrected chi connectivity index (χ0v) is 13.2. The van der Waals surface area contributed by atoms with Crippen molar-refractivity contribution in [2.24, 2.45) is 0 Å². The molecular weight excluding hydrogens is 266 g/mol. The third kappa shape index (κ3) is 4.06. The maximum absolute atomic E-state index is 12.0. The fraction of sp³-hybridized carbons (Fsp3) is 0.529. The summed E-state index contributed by atoms with van der Waals surface area (Å²) in [5.41, 5.74) is 1.52. The van der Waals surface area contributed by atoms with E-state index >= 15 is 0 Å². The van der Waals surface area contributed by atoms with Gasteiger partial charge in [0.15, 0.2) is 11.9 Å². The number of aryl methyl sites for hydroxylation is 1. The van der Waals surface area contributed by atoms with E-state index in [2.05, 4.69) is 5.32 Å². The van der Waals surface area contributed by atoms with Gasteiger partial charge in [-0.1, -0.05) is 6.07 Å². The lowest BCUT2D eigenvalue weighted by atomic mass is 9.90. The quantitative estimate of drug-likeness (QED) is 0.931. The van der Waals surface area contributed by atoms with Gasteiger partial charge in [0.25, 0.3) is 5.91 Å². The van der Waals surface area contributed by atoms with Gasteiger partial charge in [0.2, 0.25) is 0 Å². The lowest BCUT2D eigenvalue weighted by Crippen LogP contribution is -2.46. The van der Waals surface area contributed by atoms with Crippen LogP contribution in [0.4, 0.5) is 0 Å². The summed E-state index contributed by atoms with van der Waals surface area (Å²) in [6.45, 7) is 7.49. The molecule has 1 atom stereocenters. The molecule has 0 saturated carbocycles. The molecule has 0 saturated heterocycles. The SMILES string of the molecule is CC(Oc1ccc2c(c1)C(=O)CCC2)C(=O)NC(C)(C)C. The normalized spacial score (nSPS) is 16.1. The molecule has 0 fully saturated rings. The van der Waals surface area contributed by atoms with E-state index in [1.807, 2.05) is 32.9 Å². The molecule has 1 aromatic rings. The Morgan fingerprint density at radius 2 is 2.00 bits per heavy atom. The summed E-state index contributed by atoms with van der Waals surface area (Å²) in [5.74, 6) is 0.570. The Morgan fingerprint density at radius 3 is 2.67 bits per heavy atom. The molecule has 0 radical (unpaired) electrons. The number of nitrogens with one attached hydrogen (secondary N) is 1. The van der Waals surface area contributed by atoms with Gasteiger partial charge in [0.1, 0.15) is 5.75 Å². The molecule has 0 aliphatic heterocycles. The van der Waals surface area contributed by atoms with Gasteiger partial charge >= 0.3 is 0 Å². The molecule has 0 heterocycles. The summed E-state index contributed by atoms with van der Waals surface area (Å²) < 4.78 is 5.67. The van der Waals surface area contributed by atoms with Crippen LogP contribution in [0, 0.1) is 0 Å². The summed E-state index contributed by atoms with van der Waals surface area (Å²) in [6, 6.07) is 5.52. The predicted molar refractivity (Wildman–Crippen MR) is 81.7 cm³/mol. The lowest BCUT2D eigenvalue weighted by molar-refractivity contribution is -0.128. The first-order chi connectivity index (χ1) is 9.76. The molecule has 0 aromatic heterocycles. The monoisotopic (exact) mass is 289 g/mol.